The monoisotopic (exact) mass is 384 g/mol. The van der Waals surface area contributed by atoms with Gasteiger partial charge in [0.1, 0.15) is 12.2 Å². The van der Waals surface area contributed by atoms with E-state index in [1.807, 2.05) is 0 Å². The molecule has 3 aliphatic rings. The highest BCUT2D eigenvalue weighted by Gasteiger charge is 2.55. The van der Waals surface area contributed by atoms with E-state index in [0.29, 0.717) is 38.5 Å². The van der Waals surface area contributed by atoms with Crippen LogP contribution >= 0.6 is 0 Å². The van der Waals surface area contributed by atoms with Crippen molar-refractivity contribution in [1.29, 1.82) is 0 Å². The maximum Gasteiger partial charge on any atom is 0.163 e. The van der Waals surface area contributed by atoms with Crippen LogP contribution in [0.1, 0.15) is 51.4 Å². The molecule has 152 valence electrons. The average Bonchev–Trinajstić information content (AvgIpc) is 2.61. The van der Waals surface area contributed by atoms with Crippen LogP contribution in [-0.2, 0) is 9.47 Å². The van der Waals surface area contributed by atoms with Crippen molar-refractivity contribution in [3.8, 4) is 0 Å². The zero-order valence-electron chi connectivity index (χ0n) is 14.7. The van der Waals surface area contributed by atoms with Gasteiger partial charge in [-0.15, -0.1) is 0 Å². The third kappa shape index (κ3) is 4.51. The fraction of sp³-hybridized carbons (Fsp3) is 1.00. The van der Waals surface area contributed by atoms with Crippen LogP contribution < -0.4 is 0 Å². The summed E-state index contributed by atoms with van der Waals surface area (Å²) in [6, 6.07) is 0. The van der Waals surface area contributed by atoms with Crippen molar-refractivity contribution in [2.24, 2.45) is 0 Å². The first-order chi connectivity index (χ1) is 12.4. The van der Waals surface area contributed by atoms with Crippen molar-refractivity contribution < 1.29 is 37.2 Å². The molecule has 0 aromatic heterocycles. The quantitative estimate of drug-likeness (QED) is 0.732. The topological polar surface area (TPSA) is 58.9 Å². The predicted molar refractivity (Wildman–Crippen MR) is 85.9 cm³/mol. The van der Waals surface area contributed by atoms with Gasteiger partial charge in [-0.2, -0.15) is 0 Å². The summed E-state index contributed by atoms with van der Waals surface area (Å²) in [4.78, 5) is 0. The molecular weight excluding hydrogens is 356 g/mol. The van der Waals surface area contributed by atoms with E-state index < -0.39 is 61.3 Å². The van der Waals surface area contributed by atoms with E-state index in [-0.39, 0.29) is 12.8 Å². The number of aliphatic hydroxyl groups excluding tert-OH is 2. The van der Waals surface area contributed by atoms with Crippen molar-refractivity contribution in [2.75, 3.05) is 0 Å². The molecule has 0 bridgehead atoms. The number of aliphatic hydroxyl groups is 2. The van der Waals surface area contributed by atoms with Gasteiger partial charge >= 0.3 is 0 Å². The minimum atomic E-state index is -2.34. The van der Waals surface area contributed by atoms with Gasteiger partial charge in [-0.3, -0.25) is 0 Å². The number of alkyl halides is 4. The van der Waals surface area contributed by atoms with E-state index >= 15 is 0 Å². The Hall–Kier alpha value is -0.440. The molecule has 0 amide bonds. The van der Waals surface area contributed by atoms with Crippen LogP contribution in [0.15, 0.2) is 0 Å². The largest absolute Gasteiger partial charge is 0.393 e. The molecule has 0 heterocycles. The van der Waals surface area contributed by atoms with Gasteiger partial charge in [-0.1, -0.05) is 0 Å². The highest BCUT2D eigenvalue weighted by Crippen LogP contribution is 2.37. The van der Waals surface area contributed by atoms with Crippen LogP contribution in [0, 0.1) is 0 Å². The van der Waals surface area contributed by atoms with Gasteiger partial charge < -0.3 is 19.7 Å². The van der Waals surface area contributed by atoms with Gasteiger partial charge in [-0.25, -0.2) is 17.6 Å². The van der Waals surface area contributed by atoms with Gasteiger partial charge in [0.05, 0.1) is 24.4 Å². The number of ether oxygens (including phenoxy) is 2. The molecule has 2 N–H and O–H groups in total. The van der Waals surface area contributed by atoms with Gasteiger partial charge in [0.15, 0.2) is 24.7 Å². The molecule has 8 heteroatoms. The molecule has 0 spiro atoms. The van der Waals surface area contributed by atoms with Crippen molar-refractivity contribution in [3.63, 3.8) is 0 Å². The number of hydrogen-bond donors (Lipinski definition) is 2. The zero-order valence-corrected chi connectivity index (χ0v) is 14.7. The first-order valence-corrected chi connectivity index (χ1v) is 9.60. The van der Waals surface area contributed by atoms with E-state index in [2.05, 4.69) is 0 Å². The third-order valence-electron chi connectivity index (χ3n) is 5.76. The molecule has 26 heavy (non-hydrogen) atoms. The summed E-state index contributed by atoms with van der Waals surface area (Å²) in [6.45, 7) is 0. The Morgan fingerprint density at radius 1 is 0.577 bits per heavy atom. The summed E-state index contributed by atoms with van der Waals surface area (Å²) >= 11 is 0. The standard InChI is InChI=1S/C18H28F4O4/c19-13-15(21)18(26-12-6-2-4-10(24)8-12)16(22)14(20)17(13)25-11-5-1-3-9(23)7-11/h9-18,23-24H,1-8H2. The fourth-order valence-corrected chi connectivity index (χ4v) is 4.31. The summed E-state index contributed by atoms with van der Waals surface area (Å²) in [6.07, 6.45) is -11.6. The molecule has 3 aliphatic carbocycles. The maximum atomic E-state index is 14.5. The number of halogens is 4. The minimum Gasteiger partial charge on any atom is -0.393 e. The van der Waals surface area contributed by atoms with Crippen molar-refractivity contribution in [3.05, 3.63) is 0 Å². The Bertz CT molecular complexity index is 401. The molecular formula is C18H28F4O4. The molecule has 3 rings (SSSR count). The van der Waals surface area contributed by atoms with E-state index in [4.69, 9.17) is 9.47 Å². The molecule has 0 saturated heterocycles. The van der Waals surface area contributed by atoms with Gasteiger partial charge in [0, 0.05) is 0 Å². The lowest BCUT2D eigenvalue weighted by Gasteiger charge is -2.42. The van der Waals surface area contributed by atoms with Crippen molar-refractivity contribution in [2.45, 2.75) is 113 Å². The number of hydrogen-bond acceptors (Lipinski definition) is 4. The molecule has 0 aliphatic heterocycles. The van der Waals surface area contributed by atoms with Crippen LogP contribution in [0.4, 0.5) is 17.6 Å². The zero-order chi connectivity index (χ0) is 18.8. The van der Waals surface area contributed by atoms with Crippen LogP contribution in [0.25, 0.3) is 0 Å². The smallest absolute Gasteiger partial charge is 0.163 e. The van der Waals surface area contributed by atoms with Crippen LogP contribution in [-0.4, -0.2) is 71.5 Å². The van der Waals surface area contributed by atoms with Gasteiger partial charge in [-0.05, 0) is 51.4 Å². The number of rotatable bonds is 4. The lowest BCUT2D eigenvalue weighted by molar-refractivity contribution is -0.212. The maximum absolute atomic E-state index is 14.5. The molecule has 8 unspecified atom stereocenters. The van der Waals surface area contributed by atoms with Crippen LogP contribution in [0.5, 0.6) is 0 Å². The summed E-state index contributed by atoms with van der Waals surface area (Å²) in [5, 5.41) is 19.3. The predicted octanol–water partition coefficient (Wildman–Crippen LogP) is 2.73. The highest BCUT2D eigenvalue weighted by atomic mass is 19.2. The first kappa shape index (κ1) is 20.3. The van der Waals surface area contributed by atoms with E-state index in [9.17, 15) is 27.8 Å². The lowest BCUT2D eigenvalue weighted by atomic mass is 9.86. The van der Waals surface area contributed by atoms with Gasteiger partial charge in [0.25, 0.3) is 0 Å². The minimum absolute atomic E-state index is 0.212. The fourth-order valence-electron chi connectivity index (χ4n) is 4.31. The third-order valence-corrected chi connectivity index (χ3v) is 5.76. The summed E-state index contributed by atoms with van der Waals surface area (Å²) in [7, 11) is 0. The SMILES string of the molecule is OC1CCCC(OC2C(F)C(F)C(OC3CCCC(O)C3)C(F)C2F)C1. The normalized spacial score (nSPS) is 50.5. The Morgan fingerprint density at radius 3 is 1.23 bits per heavy atom. The van der Waals surface area contributed by atoms with E-state index in [1.165, 1.54) is 0 Å². The summed E-state index contributed by atoms with van der Waals surface area (Å²) in [5.74, 6) is 0. The van der Waals surface area contributed by atoms with Crippen LogP contribution in [0.3, 0.4) is 0 Å². The molecule has 3 saturated carbocycles. The van der Waals surface area contributed by atoms with Gasteiger partial charge in [0.2, 0.25) is 0 Å². The van der Waals surface area contributed by atoms with Crippen molar-refractivity contribution in [1.82, 2.24) is 0 Å². The van der Waals surface area contributed by atoms with E-state index in [1.54, 1.807) is 0 Å². The average molecular weight is 384 g/mol. The summed E-state index contributed by atoms with van der Waals surface area (Å²) < 4.78 is 68.7. The second-order valence-electron chi connectivity index (χ2n) is 7.86. The lowest BCUT2D eigenvalue weighted by Crippen LogP contribution is -2.61. The molecule has 4 nitrogen and oxygen atoms in total. The Labute approximate surface area is 150 Å². The Balaban J connectivity index is 1.62. The second kappa shape index (κ2) is 8.71. The molecule has 8 atom stereocenters. The van der Waals surface area contributed by atoms with Crippen molar-refractivity contribution >= 4 is 0 Å². The second-order valence-corrected chi connectivity index (χ2v) is 7.86. The molecule has 0 aromatic rings. The van der Waals surface area contributed by atoms with E-state index in [0.717, 1.165) is 0 Å². The summed E-state index contributed by atoms with van der Waals surface area (Å²) in [5.41, 5.74) is 0. The highest BCUT2D eigenvalue weighted by molar-refractivity contribution is 5.02. The Morgan fingerprint density at radius 2 is 0.923 bits per heavy atom. The molecule has 3 fully saturated rings. The molecule has 0 aromatic carbocycles. The molecule has 0 radical (unpaired) electrons. The Kier molecular flexibility index (Phi) is 6.80. The first-order valence-electron chi connectivity index (χ1n) is 9.60. The van der Waals surface area contributed by atoms with Crippen LogP contribution in [0.2, 0.25) is 0 Å².